The Kier molecular flexibility index (Phi) is 4.77. The van der Waals surface area contributed by atoms with Crippen molar-refractivity contribution in [1.29, 1.82) is 0 Å². The van der Waals surface area contributed by atoms with Crippen LogP contribution in [0.5, 0.6) is 0 Å². The molecule has 0 saturated heterocycles. The number of carbonyl (C=O) groups excluding carboxylic acids is 1. The maximum Gasteiger partial charge on any atom is 0.258 e. The van der Waals surface area contributed by atoms with Gasteiger partial charge in [-0.25, -0.2) is 9.97 Å². The molecule has 2 aromatic carbocycles. The van der Waals surface area contributed by atoms with Crippen molar-refractivity contribution in [3.63, 3.8) is 0 Å². The average Bonchev–Trinajstić information content (AvgIpc) is 2.70. The molecule has 0 atom stereocenters. The predicted octanol–water partition coefficient (Wildman–Crippen LogP) is 4.78. The van der Waals surface area contributed by atoms with Crippen LogP contribution in [0.2, 0.25) is 5.02 Å². The van der Waals surface area contributed by atoms with Crippen LogP contribution < -0.4 is 10.2 Å². The second-order valence-electron chi connectivity index (χ2n) is 6.57. The van der Waals surface area contributed by atoms with Crippen molar-refractivity contribution in [3.05, 3.63) is 76.6 Å². The maximum absolute atomic E-state index is 12.5. The molecule has 0 bridgehead atoms. The molecule has 1 N–H and O–H groups in total. The molecule has 0 spiro atoms. The smallest absolute Gasteiger partial charge is 0.258 e. The molecule has 0 saturated carbocycles. The molecule has 6 heteroatoms. The normalized spacial score (nSPS) is 13.2. The highest BCUT2D eigenvalue weighted by Gasteiger charge is 2.20. The zero-order valence-corrected chi connectivity index (χ0v) is 15.7. The third kappa shape index (κ3) is 3.64. The van der Waals surface area contributed by atoms with Crippen molar-refractivity contribution in [2.24, 2.45) is 0 Å². The number of aromatic nitrogens is 2. The molecule has 0 aliphatic carbocycles. The summed E-state index contributed by atoms with van der Waals surface area (Å²) in [4.78, 5) is 23.5. The topological polar surface area (TPSA) is 58.1 Å². The van der Waals surface area contributed by atoms with Gasteiger partial charge in [0.25, 0.3) is 5.91 Å². The monoisotopic (exact) mass is 378 g/mol. The number of hydrogen-bond donors (Lipinski definition) is 1. The number of anilines is 3. The minimum atomic E-state index is -0.258. The molecule has 0 radical (unpaired) electrons. The van der Waals surface area contributed by atoms with Crippen molar-refractivity contribution in [3.8, 4) is 0 Å². The Balaban J connectivity index is 1.54. The third-order valence-electron chi connectivity index (χ3n) is 4.70. The van der Waals surface area contributed by atoms with Crippen LogP contribution in [0.1, 0.15) is 27.9 Å². The largest absolute Gasteiger partial charge is 0.322 e. The molecule has 1 aliphatic rings. The van der Waals surface area contributed by atoms with Gasteiger partial charge in [0.05, 0.1) is 5.56 Å². The van der Waals surface area contributed by atoms with E-state index < -0.39 is 0 Å². The number of carbonyl (C=O) groups is 1. The Morgan fingerprint density at radius 2 is 1.93 bits per heavy atom. The van der Waals surface area contributed by atoms with E-state index in [1.807, 2.05) is 19.1 Å². The first-order valence-electron chi connectivity index (χ1n) is 8.87. The summed E-state index contributed by atoms with van der Waals surface area (Å²) in [6.45, 7) is 2.78. The first-order chi connectivity index (χ1) is 13.1. The molecule has 27 heavy (non-hydrogen) atoms. The average molecular weight is 379 g/mol. The lowest BCUT2D eigenvalue weighted by atomic mass is 10.0. The van der Waals surface area contributed by atoms with E-state index in [0.717, 1.165) is 30.6 Å². The number of aryl methyl sites for hydroxylation is 2. The molecule has 2 heterocycles. The summed E-state index contributed by atoms with van der Waals surface area (Å²) < 4.78 is 0. The predicted molar refractivity (Wildman–Crippen MR) is 108 cm³/mol. The number of nitrogens with one attached hydrogen (secondary N) is 1. The van der Waals surface area contributed by atoms with Crippen molar-refractivity contribution in [2.45, 2.75) is 19.8 Å². The number of para-hydroxylation sites is 1. The molecule has 1 amide bonds. The lowest BCUT2D eigenvalue weighted by Crippen LogP contribution is -2.26. The van der Waals surface area contributed by atoms with Crippen LogP contribution in [0.25, 0.3) is 0 Å². The number of halogens is 1. The summed E-state index contributed by atoms with van der Waals surface area (Å²) in [6, 6.07) is 13.7. The molecule has 3 aromatic rings. The van der Waals surface area contributed by atoms with Gasteiger partial charge in [0.2, 0.25) is 5.95 Å². The van der Waals surface area contributed by atoms with Crippen LogP contribution >= 0.6 is 11.6 Å². The minimum Gasteiger partial charge on any atom is -0.322 e. The van der Waals surface area contributed by atoms with Gasteiger partial charge < -0.3 is 10.2 Å². The van der Waals surface area contributed by atoms with Crippen molar-refractivity contribution in [1.82, 2.24) is 9.97 Å². The molecular formula is C21H19ClN4O. The summed E-state index contributed by atoms with van der Waals surface area (Å²) >= 11 is 6.01. The lowest BCUT2D eigenvalue weighted by Gasteiger charge is -2.29. The molecule has 1 aromatic heterocycles. The third-order valence-corrected chi connectivity index (χ3v) is 4.93. The van der Waals surface area contributed by atoms with Crippen molar-refractivity contribution < 1.29 is 4.79 Å². The van der Waals surface area contributed by atoms with Gasteiger partial charge in [-0.05, 0) is 49.1 Å². The van der Waals surface area contributed by atoms with E-state index in [4.69, 9.17) is 11.6 Å². The zero-order valence-electron chi connectivity index (χ0n) is 14.9. The maximum atomic E-state index is 12.5. The van der Waals surface area contributed by atoms with Gasteiger partial charge >= 0.3 is 0 Å². The van der Waals surface area contributed by atoms with Crippen LogP contribution in [0.15, 0.2) is 54.9 Å². The fourth-order valence-electron chi connectivity index (χ4n) is 3.24. The van der Waals surface area contributed by atoms with Crippen molar-refractivity contribution in [2.75, 3.05) is 16.8 Å². The quantitative estimate of drug-likeness (QED) is 0.712. The van der Waals surface area contributed by atoms with Gasteiger partial charge in [-0.15, -0.1) is 0 Å². The van der Waals surface area contributed by atoms with E-state index in [1.54, 1.807) is 24.5 Å². The summed E-state index contributed by atoms with van der Waals surface area (Å²) in [6.07, 6.45) is 5.24. The molecule has 4 rings (SSSR count). The van der Waals surface area contributed by atoms with Gasteiger partial charge in [0.15, 0.2) is 0 Å². The zero-order chi connectivity index (χ0) is 18.8. The van der Waals surface area contributed by atoms with Crippen LogP contribution in [-0.2, 0) is 6.42 Å². The minimum absolute atomic E-state index is 0.258. The van der Waals surface area contributed by atoms with Gasteiger partial charge in [0.1, 0.15) is 0 Å². The number of hydrogen-bond acceptors (Lipinski definition) is 4. The van der Waals surface area contributed by atoms with Gasteiger partial charge in [-0.1, -0.05) is 35.9 Å². The number of fused-ring (bicyclic) bond motifs is 1. The second-order valence-corrected chi connectivity index (χ2v) is 7.01. The van der Waals surface area contributed by atoms with Crippen LogP contribution in [0.3, 0.4) is 0 Å². The molecule has 0 unspecified atom stereocenters. The highest BCUT2D eigenvalue weighted by Crippen LogP contribution is 2.31. The Morgan fingerprint density at radius 3 is 2.74 bits per heavy atom. The lowest BCUT2D eigenvalue weighted by molar-refractivity contribution is 0.102. The van der Waals surface area contributed by atoms with Gasteiger partial charge in [0, 0.05) is 35.3 Å². The number of rotatable bonds is 3. The number of benzene rings is 2. The SMILES string of the molecule is Cc1ccc(Cl)cc1NC(=O)c1cnc(N2CCCc3ccccc32)nc1. The summed E-state index contributed by atoms with van der Waals surface area (Å²) in [7, 11) is 0. The van der Waals surface area contributed by atoms with Gasteiger partial charge in [-0.2, -0.15) is 0 Å². The molecule has 5 nitrogen and oxygen atoms in total. The standard InChI is InChI=1S/C21H19ClN4O/c1-14-8-9-17(22)11-18(14)25-20(27)16-12-23-21(24-13-16)26-10-4-6-15-5-2-3-7-19(15)26/h2-3,5,7-9,11-13H,4,6,10H2,1H3,(H,25,27). The Morgan fingerprint density at radius 1 is 1.15 bits per heavy atom. The van der Waals surface area contributed by atoms with E-state index >= 15 is 0 Å². The summed E-state index contributed by atoms with van der Waals surface area (Å²) in [5.74, 6) is 0.351. The summed E-state index contributed by atoms with van der Waals surface area (Å²) in [5, 5.41) is 3.44. The highest BCUT2D eigenvalue weighted by atomic mass is 35.5. The second kappa shape index (κ2) is 7.37. The fraction of sp³-hybridized carbons (Fsp3) is 0.190. The Hall–Kier alpha value is -2.92. The highest BCUT2D eigenvalue weighted by molar-refractivity contribution is 6.31. The van der Waals surface area contributed by atoms with E-state index in [2.05, 4.69) is 38.4 Å². The first kappa shape index (κ1) is 17.5. The van der Waals surface area contributed by atoms with E-state index in [-0.39, 0.29) is 5.91 Å². The number of amides is 1. The van der Waals surface area contributed by atoms with Crippen LogP contribution in [0.4, 0.5) is 17.3 Å². The van der Waals surface area contributed by atoms with Gasteiger partial charge in [-0.3, -0.25) is 4.79 Å². The Bertz CT molecular complexity index is 988. The van der Waals surface area contributed by atoms with E-state index in [9.17, 15) is 4.79 Å². The number of nitrogens with zero attached hydrogens (tertiary/aromatic N) is 3. The fourth-order valence-corrected chi connectivity index (χ4v) is 3.41. The molecule has 0 fully saturated rings. The molecule has 1 aliphatic heterocycles. The van der Waals surface area contributed by atoms with Crippen molar-refractivity contribution >= 4 is 34.8 Å². The van der Waals surface area contributed by atoms with E-state index in [1.165, 1.54) is 5.56 Å². The van der Waals surface area contributed by atoms with Crippen LogP contribution in [0, 0.1) is 6.92 Å². The van der Waals surface area contributed by atoms with E-state index in [0.29, 0.717) is 22.2 Å². The molecule has 136 valence electrons. The van der Waals surface area contributed by atoms with Crippen LogP contribution in [-0.4, -0.2) is 22.4 Å². The Labute approximate surface area is 163 Å². The summed E-state index contributed by atoms with van der Waals surface area (Å²) in [5.41, 5.74) is 4.46. The first-order valence-corrected chi connectivity index (χ1v) is 9.24. The molecular weight excluding hydrogens is 360 g/mol.